The lowest BCUT2D eigenvalue weighted by Gasteiger charge is -2.18. The Hall–Kier alpha value is -1.69. The molecular weight excluding hydrogens is 234 g/mol. The first-order chi connectivity index (χ1) is 8.33. The molecule has 0 bridgehead atoms. The number of rotatable bonds is 5. The van der Waals surface area contributed by atoms with E-state index in [-0.39, 0.29) is 6.01 Å². The second-order valence-electron chi connectivity index (χ2n) is 4.65. The lowest BCUT2D eigenvalue weighted by atomic mass is 10.1. The molecule has 1 rings (SSSR count). The van der Waals surface area contributed by atoms with Crippen molar-refractivity contribution in [3.63, 3.8) is 0 Å². The fourth-order valence-corrected chi connectivity index (χ4v) is 1.18. The second-order valence-corrected chi connectivity index (χ2v) is 4.65. The monoisotopic (exact) mass is 253 g/mol. The molecule has 6 heteroatoms. The fraction of sp³-hybridized carbons (Fsp3) is 0.583. The fourth-order valence-electron chi connectivity index (χ4n) is 1.18. The second kappa shape index (κ2) is 5.77. The van der Waals surface area contributed by atoms with Crippen LogP contribution in [-0.2, 0) is 4.74 Å². The van der Waals surface area contributed by atoms with Gasteiger partial charge in [0.25, 0.3) is 0 Å². The Labute approximate surface area is 107 Å². The summed E-state index contributed by atoms with van der Waals surface area (Å²) in [6.45, 7) is 7.74. The van der Waals surface area contributed by atoms with Crippen molar-refractivity contribution in [2.75, 3.05) is 13.2 Å². The molecule has 1 heterocycles. The van der Waals surface area contributed by atoms with Gasteiger partial charge in [-0.2, -0.15) is 4.98 Å². The first kappa shape index (κ1) is 14.4. The molecule has 0 amide bonds. The molecule has 0 saturated heterocycles. The zero-order valence-electron chi connectivity index (χ0n) is 11.2. The van der Waals surface area contributed by atoms with Crippen molar-refractivity contribution >= 4 is 5.97 Å². The summed E-state index contributed by atoms with van der Waals surface area (Å²) in [6, 6.07) is 0.207. The van der Waals surface area contributed by atoms with Crippen LogP contribution in [0.1, 0.15) is 36.8 Å². The maximum Gasteiger partial charge on any atom is 0.341 e. The van der Waals surface area contributed by atoms with E-state index in [4.69, 9.17) is 15.2 Å². The largest absolute Gasteiger partial charge is 0.462 e. The number of hydrogen-bond donors (Lipinski definition) is 1. The van der Waals surface area contributed by atoms with Crippen molar-refractivity contribution in [2.24, 2.45) is 5.73 Å². The van der Waals surface area contributed by atoms with Gasteiger partial charge in [-0.25, -0.2) is 9.78 Å². The number of esters is 1. The minimum Gasteiger partial charge on any atom is -0.462 e. The first-order valence-corrected chi connectivity index (χ1v) is 5.76. The molecule has 0 atom stereocenters. The molecule has 2 N–H and O–H groups in total. The van der Waals surface area contributed by atoms with Gasteiger partial charge in [-0.15, -0.1) is 0 Å². The quantitative estimate of drug-likeness (QED) is 0.790. The lowest BCUT2D eigenvalue weighted by molar-refractivity contribution is 0.0524. The SMILES string of the molecule is CCOC(=O)c1cnc(OCC(C)(C)N)nc1C. The van der Waals surface area contributed by atoms with Gasteiger partial charge in [0.1, 0.15) is 6.61 Å². The third-order valence-electron chi connectivity index (χ3n) is 2.03. The highest BCUT2D eigenvalue weighted by Gasteiger charge is 2.15. The van der Waals surface area contributed by atoms with E-state index in [0.29, 0.717) is 24.5 Å². The van der Waals surface area contributed by atoms with Gasteiger partial charge in [0.15, 0.2) is 0 Å². The van der Waals surface area contributed by atoms with Gasteiger partial charge in [0, 0.05) is 11.7 Å². The summed E-state index contributed by atoms with van der Waals surface area (Å²) in [5, 5.41) is 0. The van der Waals surface area contributed by atoms with Gasteiger partial charge in [0.2, 0.25) is 0 Å². The molecule has 100 valence electrons. The summed E-state index contributed by atoms with van der Waals surface area (Å²) < 4.78 is 10.2. The van der Waals surface area contributed by atoms with E-state index in [1.54, 1.807) is 13.8 Å². The third-order valence-corrected chi connectivity index (χ3v) is 2.03. The van der Waals surface area contributed by atoms with Crippen LogP contribution >= 0.6 is 0 Å². The maximum atomic E-state index is 11.5. The van der Waals surface area contributed by atoms with E-state index < -0.39 is 11.5 Å². The van der Waals surface area contributed by atoms with Crippen LogP contribution in [0.5, 0.6) is 6.01 Å². The normalized spacial score (nSPS) is 11.2. The summed E-state index contributed by atoms with van der Waals surface area (Å²) in [5.74, 6) is -0.430. The van der Waals surface area contributed by atoms with Crippen LogP contribution in [0.25, 0.3) is 0 Å². The Morgan fingerprint density at radius 2 is 2.17 bits per heavy atom. The maximum absolute atomic E-state index is 11.5. The van der Waals surface area contributed by atoms with E-state index in [2.05, 4.69) is 9.97 Å². The van der Waals surface area contributed by atoms with Gasteiger partial charge in [0.05, 0.1) is 17.9 Å². The molecule has 0 aliphatic heterocycles. The van der Waals surface area contributed by atoms with Gasteiger partial charge >= 0.3 is 12.0 Å². The molecule has 0 aliphatic rings. The highest BCUT2D eigenvalue weighted by atomic mass is 16.5. The highest BCUT2D eigenvalue weighted by molar-refractivity contribution is 5.90. The molecule has 18 heavy (non-hydrogen) atoms. The van der Waals surface area contributed by atoms with Crippen molar-refractivity contribution in [3.05, 3.63) is 17.5 Å². The number of hydrogen-bond acceptors (Lipinski definition) is 6. The molecule has 1 aromatic rings. The molecule has 0 fully saturated rings. The van der Waals surface area contributed by atoms with Gasteiger partial charge in [-0.05, 0) is 27.7 Å². The number of carbonyl (C=O) groups is 1. The molecule has 1 aromatic heterocycles. The van der Waals surface area contributed by atoms with Crippen molar-refractivity contribution in [1.82, 2.24) is 9.97 Å². The highest BCUT2D eigenvalue weighted by Crippen LogP contribution is 2.11. The zero-order valence-corrected chi connectivity index (χ0v) is 11.2. The molecule has 0 aliphatic carbocycles. The average molecular weight is 253 g/mol. The zero-order chi connectivity index (χ0) is 13.8. The van der Waals surface area contributed by atoms with Crippen LogP contribution < -0.4 is 10.5 Å². The average Bonchev–Trinajstić information content (AvgIpc) is 2.25. The number of aryl methyl sites for hydroxylation is 1. The molecule has 6 nitrogen and oxygen atoms in total. The molecule has 0 radical (unpaired) electrons. The Kier molecular flexibility index (Phi) is 4.61. The van der Waals surface area contributed by atoms with Crippen LogP contribution in [-0.4, -0.2) is 34.7 Å². The van der Waals surface area contributed by atoms with Gasteiger partial charge in [-0.1, -0.05) is 0 Å². The Morgan fingerprint density at radius 1 is 1.50 bits per heavy atom. The van der Waals surface area contributed by atoms with Crippen molar-refractivity contribution in [3.8, 4) is 6.01 Å². The Balaban J connectivity index is 2.76. The van der Waals surface area contributed by atoms with Gasteiger partial charge in [-0.3, -0.25) is 0 Å². The standard InChI is InChI=1S/C12H19N3O3/c1-5-17-10(16)9-6-14-11(15-8(9)2)18-7-12(3,4)13/h6H,5,7,13H2,1-4H3. The molecule has 0 saturated carbocycles. The van der Waals surface area contributed by atoms with Crippen molar-refractivity contribution in [2.45, 2.75) is 33.2 Å². The van der Waals surface area contributed by atoms with Crippen molar-refractivity contribution in [1.29, 1.82) is 0 Å². The smallest absolute Gasteiger partial charge is 0.341 e. The van der Waals surface area contributed by atoms with Crippen molar-refractivity contribution < 1.29 is 14.3 Å². The van der Waals surface area contributed by atoms with E-state index in [1.807, 2.05) is 13.8 Å². The predicted octanol–water partition coefficient (Wildman–Crippen LogP) is 1.08. The summed E-state index contributed by atoms with van der Waals surface area (Å²) in [6.07, 6.45) is 1.40. The number of nitrogens with zero attached hydrogens (tertiary/aromatic N) is 2. The number of carbonyl (C=O) groups excluding carboxylic acids is 1. The van der Waals surface area contributed by atoms with Crippen LogP contribution in [0.3, 0.4) is 0 Å². The molecule has 0 unspecified atom stereocenters. The Bertz CT molecular complexity index is 427. The predicted molar refractivity (Wildman–Crippen MR) is 66.5 cm³/mol. The van der Waals surface area contributed by atoms with E-state index in [9.17, 15) is 4.79 Å². The molecular formula is C12H19N3O3. The summed E-state index contributed by atoms with van der Waals surface area (Å²) >= 11 is 0. The summed E-state index contributed by atoms with van der Waals surface area (Å²) in [7, 11) is 0. The number of nitrogens with two attached hydrogens (primary N) is 1. The summed E-state index contributed by atoms with van der Waals surface area (Å²) in [5.41, 5.74) is 6.19. The van der Waals surface area contributed by atoms with E-state index in [1.165, 1.54) is 6.20 Å². The molecule has 0 aromatic carbocycles. The van der Waals surface area contributed by atoms with Crippen LogP contribution in [0, 0.1) is 6.92 Å². The van der Waals surface area contributed by atoms with Crippen LogP contribution in [0.4, 0.5) is 0 Å². The first-order valence-electron chi connectivity index (χ1n) is 5.76. The van der Waals surface area contributed by atoms with Crippen LogP contribution in [0.15, 0.2) is 6.20 Å². The number of aromatic nitrogens is 2. The van der Waals surface area contributed by atoms with Gasteiger partial charge < -0.3 is 15.2 Å². The number of ether oxygens (including phenoxy) is 2. The third kappa shape index (κ3) is 4.29. The van der Waals surface area contributed by atoms with E-state index >= 15 is 0 Å². The minimum atomic E-state index is -0.461. The lowest BCUT2D eigenvalue weighted by Crippen LogP contribution is -2.39. The van der Waals surface area contributed by atoms with Crippen LogP contribution in [0.2, 0.25) is 0 Å². The van der Waals surface area contributed by atoms with E-state index in [0.717, 1.165) is 0 Å². The topological polar surface area (TPSA) is 87.3 Å². The summed E-state index contributed by atoms with van der Waals surface area (Å²) in [4.78, 5) is 19.6. The minimum absolute atomic E-state index is 0.207. The Morgan fingerprint density at radius 3 is 2.67 bits per heavy atom. The molecule has 0 spiro atoms.